The van der Waals surface area contributed by atoms with Crippen LogP contribution in [0.15, 0.2) is 18.2 Å². The molecule has 0 fully saturated rings. The van der Waals surface area contributed by atoms with E-state index >= 15 is 0 Å². The van der Waals surface area contributed by atoms with Gasteiger partial charge in [0, 0.05) is 6.07 Å². The van der Waals surface area contributed by atoms with Gasteiger partial charge in [0.1, 0.15) is 0 Å². The maximum absolute atomic E-state index is 10.7. The first-order valence-corrected chi connectivity index (χ1v) is 8.32. The van der Waals surface area contributed by atoms with Gasteiger partial charge in [0.25, 0.3) is 10.1 Å². The summed E-state index contributed by atoms with van der Waals surface area (Å²) >= 11 is 0. The average Bonchev–Trinajstić information content (AvgIpc) is 2.41. The maximum Gasteiger partial charge on any atom is 0.264 e. The van der Waals surface area contributed by atoms with Gasteiger partial charge in [-0.25, -0.2) is 0 Å². The van der Waals surface area contributed by atoms with Crippen LogP contribution >= 0.6 is 0 Å². The molecule has 0 saturated heterocycles. The first-order valence-electron chi connectivity index (χ1n) is 6.71. The smallest absolute Gasteiger partial charge is 0.264 e. The summed E-state index contributed by atoms with van der Waals surface area (Å²) in [7, 11) is 3.34. The second-order valence-corrected chi connectivity index (χ2v) is 6.99. The van der Waals surface area contributed by atoms with Crippen molar-refractivity contribution in [2.24, 2.45) is 0 Å². The molecule has 120 valence electrons. The average molecular weight is 318 g/mol. The van der Waals surface area contributed by atoms with Gasteiger partial charge in [0.05, 0.1) is 40.6 Å². The van der Waals surface area contributed by atoms with Crippen LogP contribution in [-0.2, 0) is 10.1 Å². The lowest BCUT2D eigenvalue weighted by Crippen LogP contribution is -2.41. The Morgan fingerprint density at radius 2 is 1.81 bits per heavy atom. The Kier molecular flexibility index (Phi) is 6.00. The van der Waals surface area contributed by atoms with E-state index in [0.717, 1.165) is 12.2 Å². The van der Waals surface area contributed by atoms with Gasteiger partial charge in [-0.05, 0) is 18.9 Å². The van der Waals surface area contributed by atoms with Crippen molar-refractivity contribution in [3.05, 3.63) is 18.2 Å². The van der Waals surface area contributed by atoms with Crippen molar-refractivity contribution in [3.8, 4) is 11.5 Å². The van der Waals surface area contributed by atoms with Crippen LogP contribution in [0.25, 0.3) is 0 Å². The summed E-state index contributed by atoms with van der Waals surface area (Å²) in [5.41, 5.74) is 0.962. The summed E-state index contributed by atoms with van der Waals surface area (Å²) in [5, 5.41) is 0. The van der Waals surface area contributed by atoms with Crippen molar-refractivity contribution in [2.75, 3.05) is 40.6 Å². The standard InChI is InChI=1S/C14H23NO5S/c1-15(2,10-5-6-11-21(16,17)18)12-8-7-9-13(19-3)14(12)20-4/h7-9H,5-6,10-11H2,1-4H3/p+1. The number of quaternary nitrogens is 1. The third-order valence-corrected chi connectivity index (χ3v) is 4.21. The molecule has 0 saturated carbocycles. The van der Waals surface area contributed by atoms with Crippen molar-refractivity contribution in [2.45, 2.75) is 12.8 Å². The molecular formula is C14H24NO5S+. The fourth-order valence-electron chi connectivity index (χ4n) is 2.26. The van der Waals surface area contributed by atoms with Gasteiger partial charge in [-0.1, -0.05) is 6.07 Å². The molecule has 1 rings (SSSR count). The highest BCUT2D eigenvalue weighted by atomic mass is 32.2. The fraction of sp³-hybridized carbons (Fsp3) is 0.571. The van der Waals surface area contributed by atoms with E-state index in [4.69, 9.17) is 14.0 Å². The van der Waals surface area contributed by atoms with Gasteiger partial charge >= 0.3 is 0 Å². The first-order chi connectivity index (χ1) is 9.71. The van der Waals surface area contributed by atoms with Crippen molar-refractivity contribution in [1.82, 2.24) is 4.48 Å². The molecule has 0 unspecified atom stereocenters. The van der Waals surface area contributed by atoms with Crippen LogP contribution < -0.4 is 14.0 Å². The summed E-state index contributed by atoms with van der Waals surface area (Å²) in [6.45, 7) is 0.721. The van der Waals surface area contributed by atoms with E-state index in [1.54, 1.807) is 14.2 Å². The summed E-state index contributed by atoms with van der Waals surface area (Å²) in [4.78, 5) is 0. The number of nitrogens with zero attached hydrogens (tertiary/aromatic N) is 1. The van der Waals surface area contributed by atoms with E-state index in [0.29, 0.717) is 28.8 Å². The SMILES string of the molecule is COc1cccc([N+](C)(C)CCCCS(=O)(=O)O)c1OC. The molecule has 21 heavy (non-hydrogen) atoms. The zero-order valence-corrected chi connectivity index (χ0v) is 13.8. The Morgan fingerprint density at radius 1 is 1.14 bits per heavy atom. The molecule has 0 heterocycles. The second-order valence-electron chi connectivity index (χ2n) is 5.41. The molecule has 0 aliphatic heterocycles. The molecule has 0 amide bonds. The molecule has 0 aromatic heterocycles. The minimum atomic E-state index is -3.88. The number of hydrogen-bond acceptors (Lipinski definition) is 4. The molecule has 6 nitrogen and oxygen atoms in total. The Bertz CT molecular complexity index is 569. The van der Waals surface area contributed by atoms with Crippen molar-refractivity contribution in [3.63, 3.8) is 0 Å². The van der Waals surface area contributed by atoms with E-state index < -0.39 is 10.1 Å². The number of para-hydroxylation sites is 1. The number of hydrogen-bond donors (Lipinski definition) is 1. The number of ether oxygens (including phenoxy) is 2. The molecule has 1 N–H and O–H groups in total. The molecule has 0 aliphatic carbocycles. The quantitative estimate of drug-likeness (QED) is 0.450. The van der Waals surface area contributed by atoms with E-state index in [-0.39, 0.29) is 5.75 Å². The number of benzene rings is 1. The van der Waals surface area contributed by atoms with Gasteiger partial charge < -0.3 is 9.47 Å². The summed E-state index contributed by atoms with van der Waals surface area (Å²) in [5.74, 6) is 1.14. The number of rotatable bonds is 8. The second kappa shape index (κ2) is 7.11. The Hall–Kier alpha value is -1.31. The lowest BCUT2D eigenvalue weighted by Gasteiger charge is -2.31. The molecule has 0 spiro atoms. The van der Waals surface area contributed by atoms with E-state index in [1.165, 1.54) is 0 Å². The van der Waals surface area contributed by atoms with Gasteiger partial charge in [-0.3, -0.25) is 9.04 Å². The van der Waals surface area contributed by atoms with Crippen LogP contribution in [0, 0.1) is 0 Å². The van der Waals surface area contributed by atoms with E-state index in [9.17, 15) is 8.42 Å². The first kappa shape index (κ1) is 17.7. The number of methoxy groups -OCH3 is 2. The van der Waals surface area contributed by atoms with Gasteiger partial charge in [-0.2, -0.15) is 8.42 Å². The highest BCUT2D eigenvalue weighted by Gasteiger charge is 2.25. The zero-order chi connectivity index (χ0) is 16.1. The maximum atomic E-state index is 10.7. The monoisotopic (exact) mass is 318 g/mol. The van der Waals surface area contributed by atoms with Crippen LogP contribution in [0.4, 0.5) is 5.69 Å². The summed E-state index contributed by atoms with van der Waals surface area (Å²) in [6.07, 6.45) is 1.10. The van der Waals surface area contributed by atoms with Crippen molar-refractivity contribution >= 4 is 15.8 Å². The van der Waals surface area contributed by atoms with Crippen molar-refractivity contribution in [1.29, 1.82) is 0 Å². The molecular weight excluding hydrogens is 294 g/mol. The zero-order valence-electron chi connectivity index (χ0n) is 13.0. The fourth-order valence-corrected chi connectivity index (χ4v) is 2.83. The molecule has 0 bridgehead atoms. The molecule has 7 heteroatoms. The van der Waals surface area contributed by atoms with Crippen LogP contribution in [0.2, 0.25) is 0 Å². The van der Waals surface area contributed by atoms with Gasteiger partial charge in [0.2, 0.25) is 5.75 Å². The van der Waals surface area contributed by atoms with Gasteiger partial charge in [-0.15, -0.1) is 0 Å². The lowest BCUT2D eigenvalue weighted by molar-refractivity contribution is 0.329. The normalized spacial score (nSPS) is 12.2. The predicted molar refractivity (Wildman–Crippen MR) is 83.7 cm³/mol. The molecule has 1 aromatic carbocycles. The Morgan fingerprint density at radius 3 is 2.33 bits per heavy atom. The predicted octanol–water partition coefficient (Wildman–Crippen LogP) is 1.94. The molecule has 0 atom stereocenters. The third-order valence-electron chi connectivity index (χ3n) is 3.40. The van der Waals surface area contributed by atoms with Crippen LogP contribution in [-0.4, -0.2) is 53.6 Å². The highest BCUT2D eigenvalue weighted by molar-refractivity contribution is 7.85. The Balaban J connectivity index is 2.83. The summed E-state index contributed by atoms with van der Waals surface area (Å²) in [6, 6.07) is 5.69. The number of unbranched alkanes of at least 4 members (excludes halogenated alkanes) is 1. The highest BCUT2D eigenvalue weighted by Crippen LogP contribution is 2.39. The van der Waals surface area contributed by atoms with Gasteiger partial charge in [0.15, 0.2) is 11.4 Å². The minimum absolute atomic E-state index is 0.206. The van der Waals surface area contributed by atoms with Crippen LogP contribution in [0.5, 0.6) is 11.5 Å². The molecule has 1 aromatic rings. The lowest BCUT2D eigenvalue weighted by atomic mass is 10.2. The van der Waals surface area contributed by atoms with Crippen molar-refractivity contribution < 1.29 is 22.4 Å². The topological polar surface area (TPSA) is 72.8 Å². The van der Waals surface area contributed by atoms with Crippen LogP contribution in [0.3, 0.4) is 0 Å². The molecule has 0 radical (unpaired) electrons. The summed E-state index contributed by atoms with van der Waals surface area (Å²) < 4.78 is 41.5. The third kappa shape index (κ3) is 5.18. The van der Waals surface area contributed by atoms with Crippen LogP contribution in [0.1, 0.15) is 12.8 Å². The largest absolute Gasteiger partial charge is 0.493 e. The molecule has 0 aliphatic rings. The Labute approximate surface area is 126 Å². The van der Waals surface area contributed by atoms with E-state index in [2.05, 4.69) is 0 Å². The van der Waals surface area contributed by atoms with E-state index in [1.807, 2.05) is 32.3 Å². The minimum Gasteiger partial charge on any atom is -0.493 e.